The van der Waals surface area contributed by atoms with Crippen molar-refractivity contribution in [1.82, 2.24) is 9.97 Å². The summed E-state index contributed by atoms with van der Waals surface area (Å²) in [5.41, 5.74) is 8.20. The van der Waals surface area contributed by atoms with Crippen LogP contribution in [-0.2, 0) is 0 Å². The van der Waals surface area contributed by atoms with Crippen molar-refractivity contribution in [3.05, 3.63) is 89.5 Å². The Labute approximate surface area is 201 Å². The molecule has 0 aliphatic heterocycles. The van der Waals surface area contributed by atoms with Gasteiger partial charge in [-0.15, -0.1) is 0 Å². The molecule has 3 nitrogen and oxygen atoms in total. The van der Waals surface area contributed by atoms with Gasteiger partial charge in [-0.25, -0.2) is 4.98 Å². The van der Waals surface area contributed by atoms with Gasteiger partial charge in [0.15, 0.2) is 5.16 Å². The molecule has 0 amide bonds. The number of H-pyrrole nitrogens is 1. The fourth-order valence-electron chi connectivity index (χ4n) is 3.92. The van der Waals surface area contributed by atoms with Crippen molar-refractivity contribution in [2.75, 3.05) is 12.4 Å². The second-order valence-corrected chi connectivity index (χ2v) is 9.54. The Morgan fingerprint density at radius 3 is 2.24 bits per heavy atom. The smallest absolute Gasteiger partial charge is 0.166 e. The molecule has 0 atom stereocenters. The molecule has 0 bridgehead atoms. The third kappa shape index (κ3) is 6.08. The van der Waals surface area contributed by atoms with Gasteiger partial charge >= 0.3 is 0 Å². The number of benzene rings is 3. The summed E-state index contributed by atoms with van der Waals surface area (Å²) in [5, 5.41) is 0.981. The molecule has 0 saturated heterocycles. The summed E-state index contributed by atoms with van der Waals surface area (Å²) in [6.07, 6.45) is 3.35. The molecular weight excluding hydrogens is 424 g/mol. The van der Waals surface area contributed by atoms with Crippen LogP contribution in [0.3, 0.4) is 0 Å². The number of imidazole rings is 1. The van der Waals surface area contributed by atoms with Gasteiger partial charge in [0.2, 0.25) is 0 Å². The molecule has 0 aliphatic rings. The molecule has 1 N–H and O–H groups in total. The summed E-state index contributed by atoms with van der Waals surface area (Å²) < 4.78 is 6.06. The van der Waals surface area contributed by atoms with Gasteiger partial charge in [-0.3, -0.25) is 0 Å². The number of unbranched alkanes of at least 4 members (excludes halogenated alkanes) is 2. The lowest BCUT2D eigenvalue weighted by Crippen LogP contribution is -2.00. The molecule has 170 valence electrons. The SMILES string of the molecule is Cc1cc(C)c(C)c(OCCCCCSc2nc(-c3ccccc3)c(-c3ccccc3)[nH]2)c1. The predicted molar refractivity (Wildman–Crippen MR) is 140 cm³/mol. The molecule has 33 heavy (non-hydrogen) atoms. The fourth-order valence-corrected chi connectivity index (χ4v) is 4.79. The zero-order valence-electron chi connectivity index (χ0n) is 19.7. The van der Waals surface area contributed by atoms with Crippen LogP contribution in [0.25, 0.3) is 22.5 Å². The van der Waals surface area contributed by atoms with E-state index in [-0.39, 0.29) is 0 Å². The molecule has 4 aromatic rings. The first kappa shape index (κ1) is 23.2. The van der Waals surface area contributed by atoms with E-state index in [2.05, 4.69) is 86.4 Å². The Hall–Kier alpha value is -2.98. The Balaban J connectivity index is 1.30. The van der Waals surface area contributed by atoms with Crippen LogP contribution in [0.15, 0.2) is 78.0 Å². The average Bonchev–Trinajstić information content (AvgIpc) is 3.27. The van der Waals surface area contributed by atoms with Crippen LogP contribution < -0.4 is 4.74 Å². The highest BCUT2D eigenvalue weighted by Gasteiger charge is 2.14. The van der Waals surface area contributed by atoms with Crippen molar-refractivity contribution in [1.29, 1.82) is 0 Å². The highest BCUT2D eigenvalue weighted by Crippen LogP contribution is 2.32. The van der Waals surface area contributed by atoms with E-state index in [0.29, 0.717) is 0 Å². The van der Waals surface area contributed by atoms with Crippen LogP contribution in [-0.4, -0.2) is 22.3 Å². The molecular formula is C29H32N2OS. The molecule has 0 saturated carbocycles. The van der Waals surface area contributed by atoms with E-state index in [1.807, 2.05) is 12.1 Å². The zero-order chi connectivity index (χ0) is 23.0. The normalized spacial score (nSPS) is 11.0. The maximum absolute atomic E-state index is 6.06. The number of hydrogen-bond donors (Lipinski definition) is 1. The van der Waals surface area contributed by atoms with Gasteiger partial charge in [0.25, 0.3) is 0 Å². The van der Waals surface area contributed by atoms with Crippen LogP contribution in [0, 0.1) is 20.8 Å². The summed E-state index contributed by atoms with van der Waals surface area (Å²) in [5.74, 6) is 2.07. The largest absolute Gasteiger partial charge is 0.493 e. The topological polar surface area (TPSA) is 37.9 Å². The Morgan fingerprint density at radius 2 is 1.52 bits per heavy atom. The number of hydrogen-bond acceptors (Lipinski definition) is 3. The van der Waals surface area contributed by atoms with Crippen molar-refractivity contribution in [2.24, 2.45) is 0 Å². The van der Waals surface area contributed by atoms with E-state index < -0.39 is 0 Å². The van der Waals surface area contributed by atoms with Gasteiger partial charge in [0, 0.05) is 16.9 Å². The number of rotatable bonds is 10. The van der Waals surface area contributed by atoms with Crippen LogP contribution in [0.5, 0.6) is 5.75 Å². The number of nitrogens with one attached hydrogen (secondary N) is 1. The molecule has 1 heterocycles. The third-order valence-corrected chi connectivity index (χ3v) is 6.80. The maximum Gasteiger partial charge on any atom is 0.166 e. The average molecular weight is 457 g/mol. The van der Waals surface area contributed by atoms with Crippen molar-refractivity contribution in [3.63, 3.8) is 0 Å². The zero-order valence-corrected chi connectivity index (χ0v) is 20.5. The van der Waals surface area contributed by atoms with E-state index in [1.165, 1.54) is 16.7 Å². The van der Waals surface area contributed by atoms with Gasteiger partial charge in [0.1, 0.15) is 5.75 Å². The number of aromatic amines is 1. The van der Waals surface area contributed by atoms with Crippen molar-refractivity contribution in [3.8, 4) is 28.3 Å². The van der Waals surface area contributed by atoms with Crippen molar-refractivity contribution < 1.29 is 4.74 Å². The Bertz CT molecular complexity index is 1110. The molecule has 0 radical (unpaired) electrons. The fraction of sp³-hybridized carbons (Fsp3) is 0.276. The van der Waals surface area contributed by atoms with E-state index in [0.717, 1.165) is 65.0 Å². The van der Waals surface area contributed by atoms with E-state index >= 15 is 0 Å². The van der Waals surface area contributed by atoms with Gasteiger partial charge in [-0.05, 0) is 62.8 Å². The van der Waals surface area contributed by atoms with Crippen molar-refractivity contribution in [2.45, 2.75) is 45.2 Å². The number of thioether (sulfide) groups is 1. The summed E-state index contributed by atoms with van der Waals surface area (Å²) in [6.45, 7) is 7.17. The second kappa shape index (κ2) is 11.2. The minimum Gasteiger partial charge on any atom is -0.493 e. The molecule has 0 fully saturated rings. The summed E-state index contributed by atoms with van der Waals surface area (Å²) in [4.78, 5) is 8.50. The summed E-state index contributed by atoms with van der Waals surface area (Å²) >= 11 is 1.80. The molecule has 0 unspecified atom stereocenters. The molecule has 0 aliphatic carbocycles. The lowest BCUT2D eigenvalue weighted by Gasteiger charge is -2.12. The lowest BCUT2D eigenvalue weighted by atomic mass is 10.1. The Morgan fingerprint density at radius 1 is 0.818 bits per heavy atom. The van der Waals surface area contributed by atoms with E-state index in [9.17, 15) is 0 Å². The Kier molecular flexibility index (Phi) is 7.90. The van der Waals surface area contributed by atoms with Crippen molar-refractivity contribution >= 4 is 11.8 Å². The molecule has 4 heteroatoms. The minimum absolute atomic E-state index is 0.769. The van der Waals surface area contributed by atoms with Gasteiger partial charge < -0.3 is 9.72 Å². The molecule has 4 rings (SSSR count). The first-order valence-corrected chi connectivity index (χ1v) is 12.6. The first-order valence-electron chi connectivity index (χ1n) is 11.7. The maximum atomic E-state index is 6.06. The molecule has 0 spiro atoms. The quantitative estimate of drug-likeness (QED) is 0.194. The van der Waals surface area contributed by atoms with Gasteiger partial charge in [-0.2, -0.15) is 0 Å². The number of aryl methyl sites for hydroxylation is 2. The van der Waals surface area contributed by atoms with Gasteiger partial charge in [-0.1, -0.05) is 78.5 Å². The molecule has 1 aromatic heterocycles. The number of nitrogens with zero attached hydrogens (tertiary/aromatic N) is 1. The second-order valence-electron chi connectivity index (χ2n) is 8.46. The standard InChI is InChI=1S/C29H32N2OS/c1-21-19-22(2)23(3)26(20-21)32-17-11-6-12-18-33-29-30-27(24-13-7-4-8-14-24)28(31-29)25-15-9-5-10-16-25/h4-5,7-10,13-16,19-20H,6,11-12,17-18H2,1-3H3,(H,30,31). The molecule has 3 aromatic carbocycles. The first-order chi connectivity index (χ1) is 16.1. The lowest BCUT2D eigenvalue weighted by molar-refractivity contribution is 0.304. The van der Waals surface area contributed by atoms with Crippen LogP contribution in [0.4, 0.5) is 0 Å². The number of ether oxygens (including phenoxy) is 1. The monoisotopic (exact) mass is 456 g/mol. The third-order valence-electron chi connectivity index (χ3n) is 5.84. The van der Waals surface area contributed by atoms with Gasteiger partial charge in [0.05, 0.1) is 18.0 Å². The highest BCUT2D eigenvalue weighted by atomic mass is 32.2. The predicted octanol–water partition coefficient (Wildman–Crippen LogP) is 8.01. The van der Waals surface area contributed by atoms with Crippen LogP contribution >= 0.6 is 11.8 Å². The summed E-state index contributed by atoms with van der Waals surface area (Å²) in [7, 11) is 0. The van der Waals surface area contributed by atoms with E-state index in [4.69, 9.17) is 9.72 Å². The van der Waals surface area contributed by atoms with E-state index in [1.54, 1.807) is 11.8 Å². The van der Waals surface area contributed by atoms with Crippen LogP contribution in [0.2, 0.25) is 0 Å². The number of aromatic nitrogens is 2. The minimum atomic E-state index is 0.769. The highest BCUT2D eigenvalue weighted by molar-refractivity contribution is 7.99. The summed E-state index contributed by atoms with van der Waals surface area (Å²) in [6, 6.07) is 25.2. The van der Waals surface area contributed by atoms with Crippen LogP contribution in [0.1, 0.15) is 36.0 Å².